The Balaban J connectivity index is 2.04. The fraction of sp³-hybridized carbons (Fsp3) is 0.579. The summed E-state index contributed by atoms with van der Waals surface area (Å²) in [6.07, 6.45) is -2.97. The minimum Gasteiger partial charge on any atom is -0.492 e. The van der Waals surface area contributed by atoms with Gasteiger partial charge in [-0.1, -0.05) is 0 Å². The normalized spacial score (nSPS) is 16.6. The maximum Gasteiger partial charge on any atom is 0.420 e. The van der Waals surface area contributed by atoms with Crippen molar-refractivity contribution in [2.75, 3.05) is 26.7 Å². The molecule has 0 atom stereocenters. The second-order valence-electron chi connectivity index (χ2n) is 7.54. The molecule has 8 heteroatoms. The van der Waals surface area contributed by atoms with Crippen molar-refractivity contribution in [3.8, 4) is 11.8 Å². The van der Waals surface area contributed by atoms with Crippen LogP contribution in [0.25, 0.3) is 0 Å². The second-order valence-corrected chi connectivity index (χ2v) is 7.54. The van der Waals surface area contributed by atoms with Crippen molar-refractivity contribution in [2.45, 2.75) is 38.9 Å². The number of nitrogens with one attached hydrogen (secondary N) is 1. The number of halogens is 3. The van der Waals surface area contributed by atoms with Crippen LogP contribution in [0.1, 0.15) is 37.8 Å². The molecule has 1 fully saturated rings. The van der Waals surface area contributed by atoms with Gasteiger partial charge in [-0.25, -0.2) is 0 Å². The Bertz CT molecular complexity index is 718. The molecule has 0 aliphatic carbocycles. The summed E-state index contributed by atoms with van der Waals surface area (Å²) in [7, 11) is 2.02. The van der Waals surface area contributed by atoms with Gasteiger partial charge in [0.05, 0.1) is 22.6 Å². The number of likely N-dealkylation sites (tertiary alicyclic amines) is 1. The number of piperidine rings is 1. The molecule has 5 nitrogen and oxygen atoms in total. The van der Waals surface area contributed by atoms with E-state index in [9.17, 15) is 18.0 Å². The first kappa shape index (κ1) is 21.0. The van der Waals surface area contributed by atoms with Crippen LogP contribution in [0.15, 0.2) is 18.2 Å². The molecular weight excluding hydrogens is 359 g/mol. The van der Waals surface area contributed by atoms with Gasteiger partial charge in [0.2, 0.25) is 5.91 Å². The molecule has 1 amide bonds. The lowest BCUT2D eigenvalue weighted by Crippen LogP contribution is -2.49. The predicted octanol–water partition coefficient (Wildman–Crippen LogP) is 3.19. The first-order valence-corrected chi connectivity index (χ1v) is 8.76. The monoisotopic (exact) mass is 383 g/mol. The molecule has 0 bridgehead atoms. The minimum atomic E-state index is -4.65. The number of carbonyl (C=O) groups excluding carboxylic acids is 1. The highest BCUT2D eigenvalue weighted by molar-refractivity contribution is 5.82. The summed E-state index contributed by atoms with van der Waals surface area (Å²) in [5, 5.41) is 11.8. The van der Waals surface area contributed by atoms with Crippen LogP contribution >= 0.6 is 0 Å². The van der Waals surface area contributed by atoms with Gasteiger partial charge >= 0.3 is 6.18 Å². The highest BCUT2D eigenvalue weighted by atomic mass is 19.4. The number of amides is 1. The summed E-state index contributed by atoms with van der Waals surface area (Å²) in [5.74, 6) is -0.638. The first-order chi connectivity index (χ1) is 12.5. The fourth-order valence-corrected chi connectivity index (χ4v) is 2.80. The van der Waals surface area contributed by atoms with E-state index in [0.717, 1.165) is 38.1 Å². The molecule has 27 heavy (non-hydrogen) atoms. The van der Waals surface area contributed by atoms with Crippen LogP contribution in [-0.4, -0.2) is 43.6 Å². The molecule has 1 saturated heterocycles. The quantitative estimate of drug-likeness (QED) is 0.848. The molecule has 0 spiro atoms. The highest BCUT2D eigenvalue weighted by Crippen LogP contribution is 2.37. The molecule has 1 N–H and O–H groups in total. The van der Waals surface area contributed by atoms with Crippen LogP contribution in [0.2, 0.25) is 0 Å². The van der Waals surface area contributed by atoms with E-state index < -0.39 is 17.2 Å². The van der Waals surface area contributed by atoms with Gasteiger partial charge in [0.1, 0.15) is 12.4 Å². The fourth-order valence-electron chi connectivity index (χ4n) is 2.80. The van der Waals surface area contributed by atoms with Gasteiger partial charge in [-0.3, -0.25) is 4.79 Å². The Morgan fingerprint density at radius 3 is 2.52 bits per heavy atom. The Labute approximate surface area is 157 Å². The number of ether oxygens (including phenoxy) is 1. The molecule has 1 aromatic rings. The maximum absolute atomic E-state index is 13.2. The van der Waals surface area contributed by atoms with Crippen molar-refractivity contribution < 1.29 is 22.7 Å². The van der Waals surface area contributed by atoms with E-state index in [-0.39, 0.29) is 29.9 Å². The zero-order chi connectivity index (χ0) is 20.2. The van der Waals surface area contributed by atoms with E-state index >= 15 is 0 Å². The number of hydrogen-bond acceptors (Lipinski definition) is 4. The van der Waals surface area contributed by atoms with Crippen molar-refractivity contribution in [2.24, 2.45) is 5.41 Å². The van der Waals surface area contributed by atoms with Gasteiger partial charge in [-0.2, -0.15) is 18.4 Å². The topological polar surface area (TPSA) is 65.4 Å². The van der Waals surface area contributed by atoms with Gasteiger partial charge in [0.15, 0.2) is 0 Å². The van der Waals surface area contributed by atoms with Gasteiger partial charge in [0.25, 0.3) is 0 Å². The summed E-state index contributed by atoms with van der Waals surface area (Å²) in [5.41, 5.74) is -2.12. The van der Waals surface area contributed by atoms with Crippen LogP contribution in [0.3, 0.4) is 0 Å². The lowest BCUT2D eigenvalue weighted by atomic mass is 9.92. The van der Waals surface area contributed by atoms with E-state index in [2.05, 4.69) is 10.2 Å². The van der Waals surface area contributed by atoms with Crippen LogP contribution in [-0.2, 0) is 11.0 Å². The van der Waals surface area contributed by atoms with Crippen molar-refractivity contribution in [1.29, 1.82) is 5.26 Å². The summed E-state index contributed by atoms with van der Waals surface area (Å²) in [4.78, 5) is 14.7. The largest absolute Gasteiger partial charge is 0.492 e. The average Bonchev–Trinajstić information content (AvgIpc) is 2.61. The van der Waals surface area contributed by atoms with Gasteiger partial charge in [-0.15, -0.1) is 0 Å². The number of nitrogens with zero attached hydrogens (tertiary/aromatic N) is 2. The van der Waals surface area contributed by atoms with E-state index in [1.165, 1.54) is 6.07 Å². The Morgan fingerprint density at radius 1 is 1.33 bits per heavy atom. The van der Waals surface area contributed by atoms with Gasteiger partial charge in [0, 0.05) is 6.04 Å². The molecular formula is C19H24F3N3O2. The third-order valence-corrected chi connectivity index (χ3v) is 4.67. The van der Waals surface area contributed by atoms with E-state index in [1.54, 1.807) is 19.9 Å². The second kappa shape index (κ2) is 8.17. The number of rotatable bonds is 5. The average molecular weight is 383 g/mol. The molecule has 1 aliphatic heterocycles. The number of benzene rings is 1. The molecule has 0 unspecified atom stereocenters. The maximum atomic E-state index is 13.2. The number of alkyl halides is 3. The van der Waals surface area contributed by atoms with Gasteiger partial charge < -0.3 is 15.0 Å². The standard InChI is InChI=1S/C19H24F3N3O2/c1-18(2,17(26)24-14-6-8-25(3)9-7-14)12-27-16-5-4-13(11-23)10-15(16)19(20,21)22/h4-5,10,14H,6-9,12H2,1-3H3,(H,24,26). The summed E-state index contributed by atoms with van der Waals surface area (Å²) < 4.78 is 45.0. The zero-order valence-corrected chi connectivity index (χ0v) is 15.7. The van der Waals surface area contributed by atoms with Crippen molar-refractivity contribution in [3.05, 3.63) is 29.3 Å². The lowest BCUT2D eigenvalue weighted by Gasteiger charge is -2.32. The molecule has 0 saturated carbocycles. The van der Waals surface area contributed by atoms with Crippen LogP contribution in [0, 0.1) is 16.7 Å². The third kappa shape index (κ3) is 5.60. The summed E-state index contributed by atoms with van der Waals surface area (Å²) in [6, 6.07) is 4.87. The summed E-state index contributed by atoms with van der Waals surface area (Å²) in [6.45, 7) is 4.84. The van der Waals surface area contributed by atoms with E-state index in [1.807, 2.05) is 7.05 Å². The first-order valence-electron chi connectivity index (χ1n) is 8.76. The number of hydrogen-bond donors (Lipinski definition) is 1. The third-order valence-electron chi connectivity index (χ3n) is 4.67. The van der Waals surface area contributed by atoms with Crippen LogP contribution in [0.4, 0.5) is 13.2 Å². The Hall–Kier alpha value is -2.27. The smallest absolute Gasteiger partial charge is 0.420 e. The Morgan fingerprint density at radius 2 is 1.96 bits per heavy atom. The predicted molar refractivity (Wildman–Crippen MR) is 94.1 cm³/mol. The van der Waals surface area contributed by atoms with Crippen molar-refractivity contribution in [1.82, 2.24) is 10.2 Å². The Kier molecular flexibility index (Phi) is 6.37. The lowest BCUT2D eigenvalue weighted by molar-refractivity contribution is -0.139. The molecule has 0 radical (unpaired) electrons. The van der Waals surface area contributed by atoms with Crippen LogP contribution in [0.5, 0.6) is 5.75 Å². The molecule has 1 aromatic carbocycles. The molecule has 2 rings (SSSR count). The minimum absolute atomic E-state index is 0.0635. The van der Waals surface area contributed by atoms with Crippen LogP contribution < -0.4 is 10.1 Å². The molecule has 1 aliphatic rings. The molecule has 0 aromatic heterocycles. The molecule has 1 heterocycles. The zero-order valence-electron chi connectivity index (χ0n) is 15.7. The van der Waals surface area contributed by atoms with E-state index in [0.29, 0.717) is 0 Å². The highest BCUT2D eigenvalue weighted by Gasteiger charge is 2.36. The van der Waals surface area contributed by atoms with Gasteiger partial charge in [-0.05, 0) is 65.0 Å². The molecule has 148 valence electrons. The van der Waals surface area contributed by atoms with Crippen molar-refractivity contribution in [3.63, 3.8) is 0 Å². The number of nitriles is 1. The van der Waals surface area contributed by atoms with E-state index in [4.69, 9.17) is 10.00 Å². The SMILES string of the molecule is CN1CCC(NC(=O)C(C)(C)COc2ccc(C#N)cc2C(F)(F)F)CC1. The number of carbonyl (C=O) groups is 1. The van der Waals surface area contributed by atoms with Crippen molar-refractivity contribution >= 4 is 5.91 Å². The summed E-state index contributed by atoms with van der Waals surface area (Å²) >= 11 is 0.